The number of alkyl halides is 2. The summed E-state index contributed by atoms with van der Waals surface area (Å²) in [6.45, 7) is 10.2. The number of fused-ring (bicyclic) bond motifs is 2. The highest BCUT2D eigenvalue weighted by Crippen LogP contribution is 2.35. The number of hydrogen-bond acceptors (Lipinski definition) is 16. The molecule has 0 amide bonds. The maximum atomic E-state index is 10.5. The molecule has 370 valence electrons. The number of carboxylic acids is 5. The molecule has 0 radical (unpaired) electrons. The van der Waals surface area contributed by atoms with Crippen LogP contribution in [-0.4, -0.2) is 65.6 Å². The van der Waals surface area contributed by atoms with Gasteiger partial charge in [-0.05, 0) is 110 Å². The molecule has 0 fully saturated rings. The highest BCUT2D eigenvalue weighted by Gasteiger charge is 2.19. The molecule has 0 saturated carbocycles. The Labute approximate surface area is 451 Å². The molecule has 1 aliphatic rings. The number of carboxylic acid groups (broad SMARTS) is 5. The minimum Gasteiger partial charge on any atom is -0.478 e. The molecule has 9 rings (SSSR count). The first-order chi connectivity index (χ1) is 32.7. The van der Waals surface area contributed by atoms with E-state index in [0.29, 0.717) is 9.75 Å². The molecular weight excluding hydrogens is 1190 g/mol. The van der Waals surface area contributed by atoms with E-state index < -0.39 is 29.8 Å². The average molecular weight is 1240 g/mol. The topological polar surface area (TPSA) is 227 Å². The van der Waals surface area contributed by atoms with Crippen LogP contribution in [0.4, 0.5) is 0 Å². The van der Waals surface area contributed by atoms with Gasteiger partial charge in [0.1, 0.15) is 14.6 Å². The first-order valence-corrected chi connectivity index (χ1v) is 29.9. The van der Waals surface area contributed by atoms with Crippen molar-refractivity contribution >= 4 is 174 Å². The van der Waals surface area contributed by atoms with Crippen molar-refractivity contribution in [1.29, 1.82) is 0 Å². The predicted octanol–water partition coefficient (Wildman–Crippen LogP) is 15.0. The van der Waals surface area contributed by atoms with Gasteiger partial charge in [0.2, 0.25) is 0 Å². The van der Waals surface area contributed by atoms with Gasteiger partial charge in [-0.1, -0.05) is 37.9 Å². The molecule has 0 bridgehead atoms. The molecule has 0 spiro atoms. The Morgan fingerprint density at radius 2 is 1.16 bits per heavy atom. The number of aliphatic hydroxyl groups excluding tert-OH is 2. The van der Waals surface area contributed by atoms with E-state index in [9.17, 15) is 24.0 Å². The van der Waals surface area contributed by atoms with Gasteiger partial charge in [0.25, 0.3) is 0 Å². The summed E-state index contributed by atoms with van der Waals surface area (Å²) in [7, 11) is 0. The Hall–Kier alpha value is -3.56. The van der Waals surface area contributed by atoms with E-state index in [-0.39, 0.29) is 34.1 Å². The smallest absolute Gasteiger partial charge is 0.346 e. The number of halogens is 2. The number of carbonyl (C=O) groups is 5. The molecule has 0 aliphatic carbocycles. The molecule has 0 aromatic carbocycles. The van der Waals surface area contributed by atoms with Gasteiger partial charge in [-0.3, -0.25) is 0 Å². The van der Waals surface area contributed by atoms with Crippen LogP contribution in [0.25, 0.3) is 10.1 Å². The summed E-state index contributed by atoms with van der Waals surface area (Å²) < 4.78 is 1.43. The van der Waals surface area contributed by atoms with Crippen LogP contribution in [-0.2, 0) is 35.4 Å². The molecular formula is C46H46Br2O12S9. The number of aromatic carboxylic acids is 5. The van der Waals surface area contributed by atoms with Crippen molar-refractivity contribution in [3.05, 3.63) is 152 Å². The van der Waals surface area contributed by atoms with Crippen LogP contribution in [0.2, 0.25) is 0 Å². The summed E-state index contributed by atoms with van der Waals surface area (Å²) in [4.78, 5) is 61.9. The number of aryl methyl sites for hydroxylation is 5. The normalized spacial score (nSPS) is 10.7. The molecule has 23 heteroatoms. The van der Waals surface area contributed by atoms with E-state index in [4.69, 9.17) is 35.7 Å². The van der Waals surface area contributed by atoms with E-state index in [1.54, 1.807) is 46.2 Å². The third kappa shape index (κ3) is 19.5. The van der Waals surface area contributed by atoms with E-state index in [1.165, 1.54) is 86.9 Å². The fourth-order valence-electron chi connectivity index (χ4n) is 5.62. The molecule has 8 aromatic rings. The van der Waals surface area contributed by atoms with Crippen LogP contribution in [0.5, 0.6) is 0 Å². The Morgan fingerprint density at radius 3 is 1.61 bits per heavy atom. The zero-order valence-corrected chi connectivity index (χ0v) is 47.8. The summed E-state index contributed by atoms with van der Waals surface area (Å²) in [6.07, 6.45) is 0. The fourth-order valence-corrected chi connectivity index (χ4v) is 15.2. The van der Waals surface area contributed by atoms with Crippen LogP contribution in [0.3, 0.4) is 0 Å². The lowest BCUT2D eigenvalue weighted by molar-refractivity contribution is 0.0656. The zero-order chi connectivity index (χ0) is 51.4. The van der Waals surface area contributed by atoms with Crippen molar-refractivity contribution in [2.24, 2.45) is 0 Å². The Morgan fingerprint density at radius 1 is 0.551 bits per heavy atom. The molecule has 12 nitrogen and oxygen atoms in total. The van der Waals surface area contributed by atoms with Crippen LogP contribution in [0.15, 0.2) is 70.1 Å². The first-order valence-electron chi connectivity index (χ1n) is 19.7. The van der Waals surface area contributed by atoms with Gasteiger partial charge >= 0.3 is 29.8 Å². The second kappa shape index (κ2) is 30.4. The number of thiophene rings is 8. The van der Waals surface area contributed by atoms with E-state index >= 15 is 0 Å². The van der Waals surface area contributed by atoms with Crippen LogP contribution < -0.4 is 0 Å². The molecule has 0 saturated heterocycles. The van der Waals surface area contributed by atoms with Gasteiger partial charge in [0.05, 0.1) is 24.3 Å². The number of thioether (sulfide) groups is 1. The van der Waals surface area contributed by atoms with E-state index in [1.807, 2.05) is 58.8 Å². The molecule has 9 heterocycles. The lowest BCUT2D eigenvalue weighted by Crippen LogP contribution is -2.03. The Kier molecular flexibility index (Phi) is 26.3. The molecule has 69 heavy (non-hydrogen) atoms. The summed E-state index contributed by atoms with van der Waals surface area (Å²) in [5.41, 5.74) is 3.57. The molecule has 7 N–H and O–H groups in total. The van der Waals surface area contributed by atoms with Gasteiger partial charge in [0.15, 0.2) is 0 Å². The summed E-state index contributed by atoms with van der Waals surface area (Å²) in [5.74, 6) is -3.13. The molecule has 8 aromatic heterocycles. The fraction of sp³-hybridized carbons (Fsp3) is 0.239. The SMILES string of the molecule is Cc1cc(C(=O)O)c(C(=O)O)s1.Cc1cc(CBr)c(CBr)s1.Cc1cc(CO)c(CO)s1.Cc1cc2c(s1)CSC2.Cc1cc2cscc2s1.O=C(O)c1cccs1.O=C(O)c1ccsc1C(=O)O. The maximum absolute atomic E-state index is 10.5. The van der Waals surface area contributed by atoms with Crippen molar-refractivity contribution in [1.82, 2.24) is 0 Å². The van der Waals surface area contributed by atoms with Gasteiger partial charge in [-0.2, -0.15) is 23.1 Å². The number of hydrogen-bond donors (Lipinski definition) is 7. The third-order valence-electron chi connectivity index (χ3n) is 8.52. The Bertz CT molecular complexity index is 2690. The van der Waals surface area contributed by atoms with Crippen molar-refractivity contribution in [2.45, 2.75) is 70.0 Å². The lowest BCUT2D eigenvalue weighted by Gasteiger charge is -1.92. The second-order valence-corrected chi connectivity index (χ2v) is 25.1. The lowest BCUT2D eigenvalue weighted by atomic mass is 10.2. The number of rotatable bonds is 9. The molecule has 1 aliphatic heterocycles. The molecule has 0 unspecified atom stereocenters. The van der Waals surface area contributed by atoms with E-state index in [0.717, 1.165) is 48.7 Å². The van der Waals surface area contributed by atoms with Crippen LogP contribution >= 0.6 is 134 Å². The third-order valence-corrected chi connectivity index (χ3v) is 19.2. The van der Waals surface area contributed by atoms with Crippen LogP contribution in [0.1, 0.15) is 105 Å². The van der Waals surface area contributed by atoms with E-state index in [2.05, 4.69) is 81.6 Å². The summed E-state index contributed by atoms with van der Waals surface area (Å²) in [5, 5.41) is 70.8. The van der Waals surface area contributed by atoms with Crippen molar-refractivity contribution in [2.75, 3.05) is 0 Å². The van der Waals surface area contributed by atoms with Gasteiger partial charge < -0.3 is 35.7 Å². The van der Waals surface area contributed by atoms with Gasteiger partial charge in [0, 0.05) is 76.6 Å². The number of aliphatic hydroxyl groups is 2. The monoisotopic (exact) mass is 1240 g/mol. The molecule has 0 atom stereocenters. The van der Waals surface area contributed by atoms with Crippen molar-refractivity contribution in [3.63, 3.8) is 0 Å². The Balaban J connectivity index is 0.000000214. The average Bonchev–Trinajstić information content (AvgIpc) is 4.14. The predicted molar refractivity (Wildman–Crippen MR) is 296 cm³/mol. The minimum absolute atomic E-state index is 0.0280. The van der Waals surface area contributed by atoms with Gasteiger partial charge in [-0.15, -0.1) is 79.4 Å². The minimum atomic E-state index is -1.20. The summed E-state index contributed by atoms with van der Waals surface area (Å²) >= 11 is 21.0. The van der Waals surface area contributed by atoms with Crippen molar-refractivity contribution < 1.29 is 59.7 Å². The highest BCUT2D eigenvalue weighted by molar-refractivity contribution is 9.09. The van der Waals surface area contributed by atoms with Crippen LogP contribution in [0, 0.1) is 34.6 Å². The van der Waals surface area contributed by atoms with Gasteiger partial charge in [-0.25, -0.2) is 24.0 Å². The standard InChI is InChI=1S/C7H8Br2S.C7H6O4S.C7H10O2S.C7H8S2.C7H6S2.C6H4O4S.C5H4O2S/c1-5-2-6(3-8)7(4-9)10-5;1-3-2-4(6(8)9)5(12-3)7(10)11;1-5-2-6(3-8)7(4-9)10-5;2*1-5-2-6-3-8-4-7(6)9-5;7-5(8)3-1-2-11-4(3)6(9)10;6-5(7)4-2-1-3-8-4/h2H,3-4H2,1H3;2H,1H3,(H,8,9)(H,10,11);2,8-9H,3-4H2,1H3;2H,3-4H2,1H3;2-4H,1H3;1-2H,(H,7,8)(H,9,10);1-3H,(H,6,7). The quantitative estimate of drug-likeness (QED) is 0.0668. The largest absolute Gasteiger partial charge is 0.478 e. The zero-order valence-electron chi connectivity index (χ0n) is 37.3. The maximum Gasteiger partial charge on any atom is 0.346 e. The summed E-state index contributed by atoms with van der Waals surface area (Å²) in [6, 6.07) is 14.6. The second-order valence-electron chi connectivity index (χ2n) is 13.8. The van der Waals surface area contributed by atoms with Crippen molar-refractivity contribution in [3.8, 4) is 0 Å². The first kappa shape index (κ1) is 59.7. The highest BCUT2D eigenvalue weighted by atomic mass is 79.9.